The Labute approximate surface area is 93.8 Å². The topological polar surface area (TPSA) is 95.7 Å². The molecular formula is C9H5F3N4O. The minimum absolute atomic E-state index is 0.242. The van der Waals surface area contributed by atoms with Crippen LogP contribution < -0.4 is 10.5 Å². The van der Waals surface area contributed by atoms with Gasteiger partial charge in [0, 0.05) is 0 Å². The number of hydrogen-bond donors (Lipinski definition) is 1. The van der Waals surface area contributed by atoms with Gasteiger partial charge < -0.3 is 10.5 Å². The van der Waals surface area contributed by atoms with Crippen LogP contribution in [0.25, 0.3) is 0 Å². The van der Waals surface area contributed by atoms with Gasteiger partial charge in [-0.1, -0.05) is 0 Å². The lowest BCUT2D eigenvalue weighted by Crippen LogP contribution is -2.20. The summed E-state index contributed by atoms with van der Waals surface area (Å²) in [6.45, 7) is 0. The van der Waals surface area contributed by atoms with Crippen molar-refractivity contribution in [2.75, 3.05) is 5.73 Å². The average Bonchev–Trinajstić information content (AvgIpc) is 2.21. The molecule has 0 bridgehead atoms. The van der Waals surface area contributed by atoms with Crippen molar-refractivity contribution in [3.63, 3.8) is 0 Å². The van der Waals surface area contributed by atoms with Gasteiger partial charge in [-0.25, -0.2) is 0 Å². The van der Waals surface area contributed by atoms with E-state index in [9.17, 15) is 13.2 Å². The van der Waals surface area contributed by atoms with E-state index in [1.165, 1.54) is 6.07 Å². The van der Waals surface area contributed by atoms with Crippen LogP contribution in [0.15, 0.2) is 6.20 Å². The zero-order chi connectivity index (χ0) is 13.1. The molecule has 8 heteroatoms. The molecule has 5 nitrogen and oxygen atoms in total. The number of aromatic nitrogens is 1. The molecule has 17 heavy (non-hydrogen) atoms. The SMILES string of the molecule is N#CCc1ncc(N)c(C#N)c1OC(F)(F)F. The smallest absolute Gasteiger partial charge is 0.402 e. The van der Waals surface area contributed by atoms with E-state index in [-0.39, 0.29) is 11.4 Å². The van der Waals surface area contributed by atoms with E-state index in [0.29, 0.717) is 0 Å². The maximum absolute atomic E-state index is 12.1. The summed E-state index contributed by atoms with van der Waals surface area (Å²) in [5, 5.41) is 17.1. The molecular weight excluding hydrogens is 237 g/mol. The van der Waals surface area contributed by atoms with Crippen LogP contribution in [0.5, 0.6) is 5.75 Å². The van der Waals surface area contributed by atoms with Gasteiger partial charge in [-0.05, 0) is 0 Å². The van der Waals surface area contributed by atoms with Crippen molar-refractivity contribution >= 4 is 5.69 Å². The molecule has 0 amide bonds. The number of hydrogen-bond acceptors (Lipinski definition) is 5. The van der Waals surface area contributed by atoms with Crippen molar-refractivity contribution in [1.29, 1.82) is 10.5 Å². The van der Waals surface area contributed by atoms with E-state index in [1.807, 2.05) is 0 Å². The molecule has 0 radical (unpaired) electrons. The first-order valence-electron chi connectivity index (χ1n) is 4.19. The van der Waals surface area contributed by atoms with Crippen molar-refractivity contribution in [1.82, 2.24) is 4.98 Å². The summed E-state index contributed by atoms with van der Waals surface area (Å²) in [6, 6.07) is 3.11. The van der Waals surface area contributed by atoms with Gasteiger partial charge in [0.1, 0.15) is 11.6 Å². The molecule has 0 atom stereocenters. The molecule has 0 aliphatic carbocycles. The Morgan fingerprint density at radius 2 is 2.06 bits per heavy atom. The number of nitrogens with zero attached hydrogens (tertiary/aromatic N) is 3. The van der Waals surface area contributed by atoms with Crippen molar-refractivity contribution in [2.45, 2.75) is 12.8 Å². The predicted molar refractivity (Wildman–Crippen MR) is 49.4 cm³/mol. The summed E-state index contributed by atoms with van der Waals surface area (Å²) < 4.78 is 40.1. The van der Waals surface area contributed by atoms with Gasteiger partial charge in [0.15, 0.2) is 5.75 Å². The fraction of sp³-hybridized carbons (Fsp3) is 0.222. The van der Waals surface area contributed by atoms with Crippen molar-refractivity contribution < 1.29 is 17.9 Å². The Kier molecular flexibility index (Phi) is 3.39. The second-order valence-corrected chi connectivity index (χ2v) is 2.86. The summed E-state index contributed by atoms with van der Waals surface area (Å²) in [5.41, 5.74) is 4.29. The fourth-order valence-corrected chi connectivity index (χ4v) is 1.09. The first-order valence-corrected chi connectivity index (χ1v) is 4.19. The highest BCUT2D eigenvalue weighted by Crippen LogP contribution is 2.31. The molecule has 1 heterocycles. The lowest BCUT2D eigenvalue weighted by molar-refractivity contribution is -0.275. The normalized spacial score (nSPS) is 10.4. The highest BCUT2D eigenvalue weighted by Gasteiger charge is 2.34. The highest BCUT2D eigenvalue weighted by molar-refractivity contribution is 5.61. The quantitative estimate of drug-likeness (QED) is 0.847. The van der Waals surface area contributed by atoms with E-state index in [4.69, 9.17) is 16.3 Å². The summed E-state index contributed by atoms with van der Waals surface area (Å²) in [7, 11) is 0. The number of nitrogens with two attached hydrogens (primary N) is 1. The molecule has 0 saturated carbocycles. The minimum Gasteiger partial charge on any atom is -0.402 e. The highest BCUT2D eigenvalue weighted by atomic mass is 19.4. The number of nitriles is 2. The van der Waals surface area contributed by atoms with Crippen molar-refractivity contribution in [3.8, 4) is 17.9 Å². The first kappa shape index (κ1) is 12.6. The van der Waals surface area contributed by atoms with Gasteiger partial charge in [-0.15, -0.1) is 13.2 Å². The van der Waals surface area contributed by atoms with Crippen LogP contribution in [0.2, 0.25) is 0 Å². The van der Waals surface area contributed by atoms with E-state index in [0.717, 1.165) is 6.20 Å². The molecule has 2 N–H and O–H groups in total. The van der Waals surface area contributed by atoms with Gasteiger partial charge >= 0.3 is 6.36 Å². The van der Waals surface area contributed by atoms with E-state index >= 15 is 0 Å². The van der Waals surface area contributed by atoms with E-state index in [2.05, 4.69) is 9.72 Å². The predicted octanol–water partition coefficient (Wildman–Crippen LogP) is 1.50. The number of pyridine rings is 1. The van der Waals surface area contributed by atoms with Gasteiger partial charge in [0.25, 0.3) is 0 Å². The van der Waals surface area contributed by atoms with Crippen LogP contribution in [-0.2, 0) is 6.42 Å². The standard InChI is InChI=1S/C9H5F3N4O/c10-9(11,12)17-8-5(3-14)6(15)4-16-7(8)1-2-13/h4H,1,15H2. The zero-order valence-corrected chi connectivity index (χ0v) is 8.25. The summed E-state index contributed by atoms with van der Waals surface area (Å²) in [5.74, 6) is -0.818. The van der Waals surface area contributed by atoms with Gasteiger partial charge in [-0.2, -0.15) is 10.5 Å². The number of rotatable bonds is 2. The van der Waals surface area contributed by atoms with E-state index in [1.54, 1.807) is 6.07 Å². The molecule has 0 fully saturated rings. The van der Waals surface area contributed by atoms with Gasteiger partial charge in [0.2, 0.25) is 0 Å². The fourth-order valence-electron chi connectivity index (χ4n) is 1.09. The van der Waals surface area contributed by atoms with Crippen LogP contribution in [0, 0.1) is 22.7 Å². The number of anilines is 1. The van der Waals surface area contributed by atoms with Crippen molar-refractivity contribution in [2.24, 2.45) is 0 Å². The lowest BCUT2D eigenvalue weighted by Gasteiger charge is -2.13. The Bertz CT molecular complexity index is 513. The van der Waals surface area contributed by atoms with Crippen LogP contribution in [0.4, 0.5) is 18.9 Å². The largest absolute Gasteiger partial charge is 0.573 e. The third-order valence-electron chi connectivity index (χ3n) is 1.71. The van der Waals surface area contributed by atoms with Crippen molar-refractivity contribution in [3.05, 3.63) is 17.5 Å². The Hall–Kier alpha value is -2.48. The van der Waals surface area contributed by atoms with Gasteiger partial charge in [0.05, 0.1) is 30.1 Å². The Balaban J connectivity index is 3.36. The second kappa shape index (κ2) is 4.58. The first-order chi connectivity index (χ1) is 7.89. The van der Waals surface area contributed by atoms with Gasteiger partial charge in [-0.3, -0.25) is 4.98 Å². The molecule has 1 aromatic rings. The molecule has 0 aliphatic rings. The number of nitrogen functional groups attached to an aromatic ring is 1. The number of ether oxygens (including phenoxy) is 1. The monoisotopic (exact) mass is 242 g/mol. The maximum atomic E-state index is 12.1. The molecule has 0 unspecified atom stereocenters. The van der Waals surface area contributed by atoms with Crippen LogP contribution in [0.1, 0.15) is 11.3 Å². The second-order valence-electron chi connectivity index (χ2n) is 2.86. The molecule has 0 aromatic carbocycles. The van der Waals surface area contributed by atoms with E-state index < -0.39 is 24.1 Å². The maximum Gasteiger partial charge on any atom is 0.573 e. The van der Waals surface area contributed by atoms with Crippen LogP contribution in [-0.4, -0.2) is 11.3 Å². The summed E-state index contributed by atoms with van der Waals surface area (Å²) >= 11 is 0. The summed E-state index contributed by atoms with van der Waals surface area (Å²) in [6.07, 6.45) is -4.39. The number of halogens is 3. The molecule has 88 valence electrons. The Morgan fingerprint density at radius 3 is 2.53 bits per heavy atom. The van der Waals surface area contributed by atoms with Crippen LogP contribution >= 0.6 is 0 Å². The molecule has 0 aliphatic heterocycles. The average molecular weight is 242 g/mol. The third-order valence-corrected chi connectivity index (χ3v) is 1.71. The zero-order valence-electron chi connectivity index (χ0n) is 8.25. The lowest BCUT2D eigenvalue weighted by atomic mass is 10.1. The third kappa shape index (κ3) is 2.98. The molecule has 0 saturated heterocycles. The molecule has 1 aromatic heterocycles. The number of alkyl halides is 3. The molecule has 1 rings (SSSR count). The summed E-state index contributed by atoms with van der Waals surface area (Å²) in [4.78, 5) is 3.54. The van der Waals surface area contributed by atoms with Crippen LogP contribution in [0.3, 0.4) is 0 Å². The Morgan fingerprint density at radius 1 is 1.41 bits per heavy atom. The molecule has 0 spiro atoms. The minimum atomic E-state index is -4.98.